The molecule has 0 amide bonds. The Morgan fingerprint density at radius 1 is 0.960 bits per heavy atom. The van der Waals surface area contributed by atoms with E-state index in [2.05, 4.69) is 0 Å². The first-order chi connectivity index (χ1) is 12.1. The van der Waals surface area contributed by atoms with Gasteiger partial charge in [0.05, 0.1) is 21.3 Å². The highest BCUT2D eigenvalue weighted by atomic mass is 16.5. The van der Waals surface area contributed by atoms with Crippen LogP contribution in [0.5, 0.6) is 23.0 Å². The molecule has 0 aromatic heterocycles. The van der Waals surface area contributed by atoms with E-state index in [1.165, 1.54) is 0 Å². The molecule has 0 saturated heterocycles. The van der Waals surface area contributed by atoms with E-state index in [1.54, 1.807) is 21.3 Å². The van der Waals surface area contributed by atoms with Gasteiger partial charge in [0.1, 0.15) is 12.4 Å². The van der Waals surface area contributed by atoms with E-state index in [4.69, 9.17) is 24.1 Å². The molecule has 0 bridgehead atoms. The zero-order chi connectivity index (χ0) is 18.2. The number of aliphatic carboxylic acids is 1. The largest absolute Gasteiger partial charge is 0.493 e. The molecule has 0 radical (unpaired) electrons. The number of hydrogen-bond acceptors (Lipinski definition) is 5. The van der Waals surface area contributed by atoms with Crippen LogP contribution in [0.1, 0.15) is 17.5 Å². The van der Waals surface area contributed by atoms with Crippen molar-refractivity contribution < 1.29 is 28.8 Å². The number of aryl methyl sites for hydroxylation is 1. The summed E-state index contributed by atoms with van der Waals surface area (Å²) in [5.41, 5.74) is 1.71. The molecule has 0 aliphatic heterocycles. The monoisotopic (exact) mass is 346 g/mol. The summed E-state index contributed by atoms with van der Waals surface area (Å²) in [5.74, 6) is 1.46. The molecule has 25 heavy (non-hydrogen) atoms. The fourth-order valence-electron chi connectivity index (χ4n) is 2.47. The summed E-state index contributed by atoms with van der Waals surface area (Å²) in [5, 5.41) is 8.86. The molecular formula is C19H22O6. The third kappa shape index (κ3) is 4.79. The lowest BCUT2D eigenvalue weighted by atomic mass is 10.1. The summed E-state index contributed by atoms with van der Waals surface area (Å²) in [6.45, 7) is 0.292. The number of para-hydroxylation sites is 1. The predicted molar refractivity (Wildman–Crippen MR) is 92.8 cm³/mol. The zero-order valence-electron chi connectivity index (χ0n) is 14.6. The molecule has 1 N–H and O–H groups in total. The van der Waals surface area contributed by atoms with Gasteiger partial charge in [-0.15, -0.1) is 0 Å². The van der Waals surface area contributed by atoms with Crippen molar-refractivity contribution in [3.05, 3.63) is 47.5 Å². The number of carboxylic acid groups (broad SMARTS) is 1. The second kappa shape index (κ2) is 8.82. The third-order valence-corrected chi connectivity index (χ3v) is 3.70. The summed E-state index contributed by atoms with van der Waals surface area (Å²) in [6.07, 6.45) is 0.477. The Morgan fingerprint density at radius 3 is 2.16 bits per heavy atom. The summed E-state index contributed by atoms with van der Waals surface area (Å²) < 4.78 is 21.9. The predicted octanol–water partition coefficient (Wildman–Crippen LogP) is 3.31. The van der Waals surface area contributed by atoms with E-state index in [0.29, 0.717) is 36.0 Å². The molecule has 2 aromatic rings. The van der Waals surface area contributed by atoms with Gasteiger partial charge < -0.3 is 24.1 Å². The minimum atomic E-state index is -0.834. The molecule has 2 aromatic carbocycles. The minimum absolute atomic E-state index is 0.0601. The number of methoxy groups -OCH3 is 3. The van der Waals surface area contributed by atoms with Crippen molar-refractivity contribution in [2.24, 2.45) is 0 Å². The number of benzene rings is 2. The van der Waals surface area contributed by atoms with Gasteiger partial charge in [0.15, 0.2) is 11.5 Å². The summed E-state index contributed by atoms with van der Waals surface area (Å²) >= 11 is 0. The van der Waals surface area contributed by atoms with E-state index in [1.807, 2.05) is 36.4 Å². The van der Waals surface area contributed by atoms with Crippen LogP contribution in [0, 0.1) is 0 Å². The van der Waals surface area contributed by atoms with Gasteiger partial charge in [-0.1, -0.05) is 18.2 Å². The molecule has 6 nitrogen and oxygen atoms in total. The number of carbonyl (C=O) groups is 1. The van der Waals surface area contributed by atoms with Gasteiger partial charge in [-0.3, -0.25) is 4.79 Å². The standard InChI is InChI=1S/C19H22O6/c1-22-16-10-13(11-17(23-2)19(16)24-3)12-25-15-7-5-4-6-14(15)8-9-18(20)21/h4-7,10-11H,8-9,12H2,1-3H3,(H,20,21). The van der Waals surface area contributed by atoms with Gasteiger partial charge in [-0.2, -0.15) is 0 Å². The number of rotatable bonds is 9. The van der Waals surface area contributed by atoms with Crippen LogP contribution in [0.25, 0.3) is 0 Å². The first kappa shape index (κ1) is 18.4. The minimum Gasteiger partial charge on any atom is -0.493 e. The summed E-state index contributed by atoms with van der Waals surface area (Å²) in [4.78, 5) is 10.8. The maximum Gasteiger partial charge on any atom is 0.303 e. The molecule has 2 rings (SSSR count). The van der Waals surface area contributed by atoms with Crippen molar-refractivity contribution >= 4 is 5.97 Å². The summed E-state index contributed by atoms with van der Waals surface area (Å²) in [6, 6.07) is 11.1. The van der Waals surface area contributed by atoms with Crippen LogP contribution in [-0.4, -0.2) is 32.4 Å². The lowest BCUT2D eigenvalue weighted by Crippen LogP contribution is -2.03. The van der Waals surface area contributed by atoms with Gasteiger partial charge >= 0.3 is 5.97 Å². The van der Waals surface area contributed by atoms with E-state index >= 15 is 0 Å². The Bertz CT molecular complexity index is 701. The highest BCUT2D eigenvalue weighted by molar-refractivity contribution is 5.67. The van der Waals surface area contributed by atoms with Crippen molar-refractivity contribution in [3.8, 4) is 23.0 Å². The van der Waals surface area contributed by atoms with Crippen molar-refractivity contribution in [1.29, 1.82) is 0 Å². The molecule has 6 heteroatoms. The van der Waals surface area contributed by atoms with Gasteiger partial charge in [-0.25, -0.2) is 0 Å². The van der Waals surface area contributed by atoms with Crippen LogP contribution in [0.3, 0.4) is 0 Å². The first-order valence-corrected chi connectivity index (χ1v) is 7.80. The molecule has 0 atom stereocenters. The van der Waals surface area contributed by atoms with Gasteiger partial charge in [-0.05, 0) is 35.7 Å². The molecule has 0 unspecified atom stereocenters. The maximum atomic E-state index is 10.8. The molecule has 0 aliphatic rings. The Kier molecular flexibility index (Phi) is 6.51. The van der Waals surface area contributed by atoms with Crippen LogP contribution >= 0.6 is 0 Å². The molecule has 134 valence electrons. The van der Waals surface area contributed by atoms with E-state index in [0.717, 1.165) is 11.1 Å². The van der Waals surface area contributed by atoms with Crippen LogP contribution < -0.4 is 18.9 Å². The number of hydrogen-bond donors (Lipinski definition) is 1. The van der Waals surface area contributed by atoms with Crippen molar-refractivity contribution in [2.45, 2.75) is 19.4 Å². The highest BCUT2D eigenvalue weighted by Gasteiger charge is 2.14. The quantitative estimate of drug-likeness (QED) is 0.751. The van der Waals surface area contributed by atoms with Crippen molar-refractivity contribution in [3.63, 3.8) is 0 Å². The van der Waals surface area contributed by atoms with Gasteiger partial charge in [0.2, 0.25) is 5.75 Å². The third-order valence-electron chi connectivity index (χ3n) is 3.70. The van der Waals surface area contributed by atoms with E-state index in [9.17, 15) is 4.79 Å². The highest BCUT2D eigenvalue weighted by Crippen LogP contribution is 2.38. The van der Waals surface area contributed by atoms with Crippen LogP contribution in [0.15, 0.2) is 36.4 Å². The Morgan fingerprint density at radius 2 is 1.60 bits per heavy atom. The Balaban J connectivity index is 2.17. The molecule has 0 saturated carbocycles. The van der Waals surface area contributed by atoms with Gasteiger partial charge in [0.25, 0.3) is 0 Å². The second-order valence-corrected chi connectivity index (χ2v) is 5.32. The zero-order valence-corrected chi connectivity index (χ0v) is 14.6. The Hall–Kier alpha value is -2.89. The topological polar surface area (TPSA) is 74.2 Å². The van der Waals surface area contributed by atoms with Crippen molar-refractivity contribution in [1.82, 2.24) is 0 Å². The Labute approximate surface area is 146 Å². The average Bonchev–Trinajstić information content (AvgIpc) is 2.64. The summed E-state index contributed by atoms with van der Waals surface area (Å²) in [7, 11) is 4.67. The number of carboxylic acids is 1. The SMILES string of the molecule is COc1cc(COc2ccccc2CCC(=O)O)cc(OC)c1OC. The maximum absolute atomic E-state index is 10.8. The average molecular weight is 346 g/mol. The molecular weight excluding hydrogens is 324 g/mol. The van der Waals surface area contributed by atoms with Crippen LogP contribution in [0.2, 0.25) is 0 Å². The normalized spacial score (nSPS) is 10.2. The molecule has 0 aliphatic carbocycles. The smallest absolute Gasteiger partial charge is 0.303 e. The van der Waals surface area contributed by atoms with Crippen molar-refractivity contribution in [2.75, 3.05) is 21.3 Å². The first-order valence-electron chi connectivity index (χ1n) is 7.80. The van der Waals surface area contributed by atoms with Crippen LogP contribution in [0.4, 0.5) is 0 Å². The molecule has 0 heterocycles. The lowest BCUT2D eigenvalue weighted by molar-refractivity contribution is -0.136. The van der Waals surface area contributed by atoms with E-state index in [-0.39, 0.29) is 6.42 Å². The van der Waals surface area contributed by atoms with Crippen LogP contribution in [-0.2, 0) is 17.8 Å². The molecule has 0 spiro atoms. The fourth-order valence-corrected chi connectivity index (χ4v) is 2.47. The molecule has 0 fully saturated rings. The number of ether oxygens (including phenoxy) is 4. The lowest BCUT2D eigenvalue weighted by Gasteiger charge is -2.15. The van der Waals surface area contributed by atoms with Gasteiger partial charge in [0, 0.05) is 6.42 Å². The fraction of sp³-hybridized carbons (Fsp3) is 0.316. The second-order valence-electron chi connectivity index (χ2n) is 5.32. The van der Waals surface area contributed by atoms with E-state index < -0.39 is 5.97 Å².